The molecular weight excluding hydrogens is 260 g/mol. The van der Waals surface area contributed by atoms with Crippen LogP contribution in [0.15, 0.2) is 48.8 Å². The number of rotatable bonds is 3. The molecule has 2 aromatic rings. The van der Waals surface area contributed by atoms with E-state index in [1.165, 1.54) is 0 Å². The van der Waals surface area contributed by atoms with Crippen LogP contribution in [0.3, 0.4) is 0 Å². The molecule has 19 heavy (non-hydrogen) atoms. The average molecular weight is 273 g/mol. The molecule has 3 nitrogen and oxygen atoms in total. The van der Waals surface area contributed by atoms with Crippen LogP contribution >= 0.6 is 11.6 Å². The smallest absolute Gasteiger partial charge is 0.235 e. The second-order valence-corrected chi connectivity index (χ2v) is 5.22. The third kappa shape index (κ3) is 2.34. The van der Waals surface area contributed by atoms with Crippen LogP contribution in [-0.4, -0.2) is 10.9 Å². The van der Waals surface area contributed by atoms with Gasteiger partial charge in [0.25, 0.3) is 0 Å². The number of nitrogens with one attached hydrogen (secondary N) is 1. The van der Waals surface area contributed by atoms with Crippen LogP contribution in [0, 0.1) is 0 Å². The average Bonchev–Trinajstić information content (AvgIpc) is 3.22. The molecule has 0 unspecified atom stereocenters. The molecule has 1 heterocycles. The molecule has 0 saturated heterocycles. The number of benzene rings is 1. The first-order chi connectivity index (χ1) is 9.21. The summed E-state index contributed by atoms with van der Waals surface area (Å²) in [6, 6.07) is 11.1. The first-order valence-corrected chi connectivity index (χ1v) is 6.56. The lowest BCUT2D eigenvalue weighted by Crippen LogP contribution is -2.27. The van der Waals surface area contributed by atoms with Gasteiger partial charge in [-0.25, -0.2) is 0 Å². The molecular formula is C15H13ClN2O. The minimum Gasteiger partial charge on any atom is -0.325 e. The van der Waals surface area contributed by atoms with Gasteiger partial charge in [0.15, 0.2) is 0 Å². The molecule has 0 aliphatic heterocycles. The summed E-state index contributed by atoms with van der Waals surface area (Å²) in [6.07, 6.45) is 5.09. The van der Waals surface area contributed by atoms with E-state index in [1.54, 1.807) is 24.5 Å². The van der Waals surface area contributed by atoms with E-state index in [0.29, 0.717) is 5.02 Å². The van der Waals surface area contributed by atoms with E-state index in [4.69, 9.17) is 11.6 Å². The van der Waals surface area contributed by atoms with Crippen LogP contribution in [0.1, 0.15) is 18.4 Å². The molecule has 1 amide bonds. The van der Waals surface area contributed by atoms with Crippen molar-refractivity contribution in [1.82, 2.24) is 4.98 Å². The molecule has 0 atom stereocenters. The Kier molecular flexibility index (Phi) is 2.99. The van der Waals surface area contributed by atoms with Crippen molar-refractivity contribution in [3.05, 3.63) is 59.4 Å². The van der Waals surface area contributed by atoms with Crippen LogP contribution in [0.2, 0.25) is 5.02 Å². The predicted octanol–water partition coefficient (Wildman–Crippen LogP) is 3.41. The monoisotopic (exact) mass is 272 g/mol. The fourth-order valence-corrected chi connectivity index (χ4v) is 2.35. The van der Waals surface area contributed by atoms with E-state index < -0.39 is 0 Å². The zero-order chi connectivity index (χ0) is 13.3. The van der Waals surface area contributed by atoms with Crippen LogP contribution < -0.4 is 5.32 Å². The highest BCUT2D eigenvalue weighted by molar-refractivity contribution is 6.30. The highest BCUT2D eigenvalue weighted by atomic mass is 35.5. The summed E-state index contributed by atoms with van der Waals surface area (Å²) in [5.41, 5.74) is 1.43. The highest BCUT2D eigenvalue weighted by Gasteiger charge is 2.51. The van der Waals surface area contributed by atoms with Gasteiger partial charge in [0.05, 0.1) is 5.41 Å². The molecule has 1 aromatic heterocycles. The summed E-state index contributed by atoms with van der Waals surface area (Å²) >= 11 is 5.88. The van der Waals surface area contributed by atoms with E-state index in [1.807, 2.05) is 24.3 Å². The van der Waals surface area contributed by atoms with Gasteiger partial charge in [0, 0.05) is 23.1 Å². The van der Waals surface area contributed by atoms with Gasteiger partial charge in [-0.1, -0.05) is 23.7 Å². The van der Waals surface area contributed by atoms with Gasteiger partial charge in [0.2, 0.25) is 5.91 Å². The van der Waals surface area contributed by atoms with E-state index in [-0.39, 0.29) is 11.3 Å². The van der Waals surface area contributed by atoms with Gasteiger partial charge in [-0.15, -0.1) is 0 Å². The lowest BCUT2D eigenvalue weighted by Gasteiger charge is -2.15. The molecule has 4 heteroatoms. The molecule has 3 rings (SSSR count). The van der Waals surface area contributed by atoms with Gasteiger partial charge in [-0.3, -0.25) is 9.78 Å². The summed E-state index contributed by atoms with van der Waals surface area (Å²) in [5.74, 6) is 0.0426. The van der Waals surface area contributed by atoms with Crippen molar-refractivity contribution in [3.8, 4) is 0 Å². The number of carbonyl (C=O) groups excluding carboxylic acids is 1. The summed E-state index contributed by atoms with van der Waals surface area (Å²) in [5, 5.41) is 3.63. The molecule has 1 fully saturated rings. The number of aromatic nitrogens is 1. The third-order valence-electron chi connectivity index (χ3n) is 3.52. The fourth-order valence-electron chi connectivity index (χ4n) is 2.23. The number of nitrogens with zero attached hydrogens (tertiary/aromatic N) is 1. The second kappa shape index (κ2) is 4.67. The number of carbonyl (C=O) groups is 1. The number of hydrogen-bond donors (Lipinski definition) is 1. The summed E-state index contributed by atoms with van der Waals surface area (Å²) in [6.45, 7) is 0. The Morgan fingerprint density at radius 3 is 2.32 bits per heavy atom. The topological polar surface area (TPSA) is 42.0 Å². The summed E-state index contributed by atoms with van der Waals surface area (Å²) < 4.78 is 0. The molecule has 1 saturated carbocycles. The van der Waals surface area contributed by atoms with Crippen molar-refractivity contribution in [2.24, 2.45) is 0 Å². The molecule has 1 aliphatic rings. The Hall–Kier alpha value is -1.87. The van der Waals surface area contributed by atoms with Gasteiger partial charge < -0.3 is 5.32 Å². The SMILES string of the molecule is O=C(Nc1ccncc1)C1(c2ccc(Cl)cc2)CC1. The lowest BCUT2D eigenvalue weighted by atomic mass is 9.95. The summed E-state index contributed by atoms with van der Waals surface area (Å²) in [7, 11) is 0. The maximum Gasteiger partial charge on any atom is 0.235 e. The maximum absolute atomic E-state index is 12.4. The Balaban J connectivity index is 1.81. The van der Waals surface area contributed by atoms with Crippen molar-refractivity contribution in [1.29, 1.82) is 0 Å². The fraction of sp³-hybridized carbons (Fsp3) is 0.200. The van der Waals surface area contributed by atoms with Crippen molar-refractivity contribution >= 4 is 23.2 Å². The quantitative estimate of drug-likeness (QED) is 0.930. The van der Waals surface area contributed by atoms with Crippen LogP contribution in [-0.2, 0) is 10.2 Å². The van der Waals surface area contributed by atoms with E-state index in [2.05, 4.69) is 10.3 Å². The molecule has 1 N–H and O–H groups in total. The van der Waals surface area contributed by atoms with Gasteiger partial charge in [-0.05, 0) is 42.7 Å². The number of pyridine rings is 1. The molecule has 0 radical (unpaired) electrons. The number of hydrogen-bond acceptors (Lipinski definition) is 2. The minimum atomic E-state index is -0.381. The number of halogens is 1. The third-order valence-corrected chi connectivity index (χ3v) is 3.77. The predicted molar refractivity (Wildman–Crippen MR) is 75.2 cm³/mol. The van der Waals surface area contributed by atoms with Crippen molar-refractivity contribution in [2.45, 2.75) is 18.3 Å². The summed E-state index contributed by atoms with van der Waals surface area (Å²) in [4.78, 5) is 16.3. The van der Waals surface area contributed by atoms with Crippen molar-refractivity contribution < 1.29 is 4.79 Å². The van der Waals surface area contributed by atoms with Crippen molar-refractivity contribution in [3.63, 3.8) is 0 Å². The first-order valence-electron chi connectivity index (χ1n) is 6.18. The van der Waals surface area contributed by atoms with E-state index in [9.17, 15) is 4.79 Å². The minimum absolute atomic E-state index is 0.0426. The Bertz CT molecular complexity index is 591. The number of anilines is 1. The normalized spacial score (nSPS) is 15.8. The maximum atomic E-state index is 12.4. The lowest BCUT2D eigenvalue weighted by molar-refractivity contribution is -0.118. The van der Waals surface area contributed by atoms with Crippen molar-refractivity contribution in [2.75, 3.05) is 5.32 Å². The second-order valence-electron chi connectivity index (χ2n) is 4.78. The van der Waals surface area contributed by atoms with Gasteiger partial charge >= 0.3 is 0 Å². The van der Waals surface area contributed by atoms with E-state index >= 15 is 0 Å². The molecule has 1 aromatic carbocycles. The Morgan fingerprint density at radius 2 is 1.74 bits per heavy atom. The first kappa shape index (κ1) is 12.2. The van der Waals surface area contributed by atoms with Crippen LogP contribution in [0.25, 0.3) is 0 Å². The Morgan fingerprint density at radius 1 is 1.11 bits per heavy atom. The molecule has 1 aliphatic carbocycles. The van der Waals surface area contributed by atoms with E-state index in [0.717, 1.165) is 24.1 Å². The standard InChI is InChI=1S/C15H13ClN2O/c16-12-3-1-11(2-4-12)15(7-8-15)14(19)18-13-5-9-17-10-6-13/h1-6,9-10H,7-8H2,(H,17,18,19). The van der Waals surface area contributed by atoms with Crippen LogP contribution in [0.5, 0.6) is 0 Å². The molecule has 0 bridgehead atoms. The van der Waals surface area contributed by atoms with Gasteiger partial charge in [-0.2, -0.15) is 0 Å². The molecule has 0 spiro atoms. The molecule has 96 valence electrons. The number of amides is 1. The highest BCUT2D eigenvalue weighted by Crippen LogP contribution is 2.49. The Labute approximate surface area is 116 Å². The van der Waals surface area contributed by atoms with Crippen LogP contribution in [0.4, 0.5) is 5.69 Å². The largest absolute Gasteiger partial charge is 0.325 e. The zero-order valence-electron chi connectivity index (χ0n) is 10.3. The van der Waals surface area contributed by atoms with Gasteiger partial charge in [0.1, 0.15) is 0 Å². The zero-order valence-corrected chi connectivity index (χ0v) is 11.0.